The van der Waals surface area contributed by atoms with Crippen LogP contribution in [0.15, 0.2) is 47.5 Å². The third-order valence-corrected chi connectivity index (χ3v) is 5.15. The number of carbonyl (C=O) groups is 1. The van der Waals surface area contributed by atoms with Crippen LogP contribution in [0.25, 0.3) is 0 Å². The normalized spacial score (nSPS) is 18.6. The first-order chi connectivity index (χ1) is 13.1. The van der Waals surface area contributed by atoms with Crippen LogP contribution in [0.4, 0.5) is 21.5 Å². The zero-order chi connectivity index (χ0) is 18.8. The summed E-state index contributed by atoms with van der Waals surface area (Å²) in [5, 5.41) is 2.77. The second kappa shape index (κ2) is 7.51. The molecule has 1 aliphatic heterocycles. The molecule has 2 aromatic rings. The van der Waals surface area contributed by atoms with E-state index in [4.69, 9.17) is 0 Å². The number of benzene rings is 2. The lowest BCUT2D eigenvalue weighted by atomic mass is 10.0. The first kappa shape index (κ1) is 17.7. The second-order valence-corrected chi connectivity index (χ2v) is 7.38. The zero-order valence-electron chi connectivity index (χ0n) is 15.5. The van der Waals surface area contributed by atoms with Gasteiger partial charge in [0.05, 0.1) is 5.69 Å². The molecule has 1 aliphatic carbocycles. The lowest BCUT2D eigenvalue weighted by Gasteiger charge is -2.24. The van der Waals surface area contributed by atoms with Crippen LogP contribution in [0, 0.1) is 11.7 Å². The van der Waals surface area contributed by atoms with E-state index in [1.807, 2.05) is 12.1 Å². The number of aliphatic imine (C=N–C) groups is 1. The molecule has 0 saturated heterocycles. The van der Waals surface area contributed by atoms with Gasteiger partial charge in [-0.3, -0.25) is 9.79 Å². The van der Waals surface area contributed by atoms with Crippen LogP contribution in [0.3, 0.4) is 0 Å². The largest absolute Gasteiger partial charge is 0.371 e. The Morgan fingerprint density at radius 2 is 2.00 bits per heavy atom. The van der Waals surface area contributed by atoms with Gasteiger partial charge in [-0.2, -0.15) is 0 Å². The minimum Gasteiger partial charge on any atom is -0.371 e. The molecule has 0 bridgehead atoms. The second-order valence-electron chi connectivity index (χ2n) is 7.38. The maximum atomic E-state index is 13.5. The van der Waals surface area contributed by atoms with Gasteiger partial charge in [0.2, 0.25) is 5.91 Å². The van der Waals surface area contributed by atoms with Gasteiger partial charge in [0.15, 0.2) is 0 Å². The highest BCUT2D eigenvalue weighted by atomic mass is 19.1. The van der Waals surface area contributed by atoms with Crippen LogP contribution in [-0.4, -0.2) is 25.2 Å². The Morgan fingerprint density at radius 1 is 1.22 bits per heavy atom. The Kier molecular flexibility index (Phi) is 4.92. The van der Waals surface area contributed by atoms with Gasteiger partial charge in [-0.25, -0.2) is 4.39 Å². The molecular formula is C22H24FN3O. The summed E-state index contributed by atoms with van der Waals surface area (Å²) in [7, 11) is 0. The van der Waals surface area contributed by atoms with E-state index in [0.29, 0.717) is 11.3 Å². The lowest BCUT2D eigenvalue weighted by molar-refractivity contribution is -0.115. The molecule has 5 heteroatoms. The van der Waals surface area contributed by atoms with Crippen molar-refractivity contribution in [3.05, 3.63) is 53.8 Å². The molecule has 0 aromatic heterocycles. The van der Waals surface area contributed by atoms with Crippen LogP contribution in [0.5, 0.6) is 0 Å². The van der Waals surface area contributed by atoms with E-state index < -0.39 is 5.92 Å². The average Bonchev–Trinajstić information content (AvgIpc) is 3.43. The molecule has 2 aromatic carbocycles. The van der Waals surface area contributed by atoms with E-state index in [1.165, 1.54) is 30.7 Å². The minimum absolute atomic E-state index is 0.172. The Balaban J connectivity index is 1.48. The highest BCUT2D eigenvalue weighted by Gasteiger charge is 2.29. The minimum atomic E-state index is -0.554. The standard InChI is InChI=1S/C22H24FN3O/c1-2-11-26(14-15-3-4-15)18-8-6-17(7-9-18)24-13-20-19-12-16(23)5-10-21(19)25-22(20)27/h5-10,12-13,15,20H,2-4,11,14H2,1H3,(H,25,27). The summed E-state index contributed by atoms with van der Waals surface area (Å²) in [4.78, 5) is 19.1. The highest BCUT2D eigenvalue weighted by molar-refractivity contribution is 6.12. The van der Waals surface area contributed by atoms with E-state index in [9.17, 15) is 9.18 Å². The molecule has 1 unspecified atom stereocenters. The number of hydrogen-bond acceptors (Lipinski definition) is 3. The lowest BCUT2D eigenvalue weighted by Crippen LogP contribution is -2.26. The topological polar surface area (TPSA) is 44.7 Å². The van der Waals surface area contributed by atoms with Gasteiger partial charge in [0, 0.05) is 30.7 Å². The Bertz CT molecular complexity index is 858. The monoisotopic (exact) mass is 365 g/mol. The molecule has 1 N–H and O–H groups in total. The van der Waals surface area contributed by atoms with Crippen LogP contribution in [0.2, 0.25) is 0 Å². The van der Waals surface area contributed by atoms with Gasteiger partial charge in [-0.15, -0.1) is 0 Å². The van der Waals surface area contributed by atoms with Gasteiger partial charge in [-0.1, -0.05) is 6.92 Å². The van der Waals surface area contributed by atoms with Gasteiger partial charge >= 0.3 is 0 Å². The van der Waals surface area contributed by atoms with Gasteiger partial charge in [-0.05, 0) is 73.2 Å². The SMILES string of the molecule is CCCN(CC1CC1)c1ccc(N=CC2C(=O)Nc3ccc(F)cc32)cc1. The van der Waals surface area contributed by atoms with Crippen molar-refractivity contribution in [2.45, 2.75) is 32.1 Å². The molecular weight excluding hydrogens is 341 g/mol. The van der Waals surface area contributed by atoms with Crippen LogP contribution >= 0.6 is 0 Å². The van der Waals surface area contributed by atoms with Gasteiger partial charge < -0.3 is 10.2 Å². The molecule has 1 amide bonds. The predicted octanol–water partition coefficient (Wildman–Crippen LogP) is 4.89. The smallest absolute Gasteiger partial charge is 0.237 e. The summed E-state index contributed by atoms with van der Waals surface area (Å²) in [6.07, 6.45) is 5.41. The molecule has 4 rings (SSSR count). The van der Waals surface area contributed by atoms with Crippen LogP contribution in [-0.2, 0) is 4.79 Å². The molecule has 1 fully saturated rings. The molecule has 0 radical (unpaired) electrons. The van der Waals surface area contributed by atoms with Gasteiger partial charge in [0.25, 0.3) is 0 Å². The molecule has 1 atom stereocenters. The molecule has 4 nitrogen and oxygen atoms in total. The molecule has 2 aliphatic rings. The van der Waals surface area contributed by atoms with E-state index in [2.05, 4.69) is 34.3 Å². The fourth-order valence-electron chi connectivity index (χ4n) is 3.52. The number of hydrogen-bond donors (Lipinski definition) is 1. The average molecular weight is 365 g/mol. The number of amides is 1. The zero-order valence-corrected chi connectivity index (χ0v) is 15.5. The maximum Gasteiger partial charge on any atom is 0.237 e. The summed E-state index contributed by atoms with van der Waals surface area (Å²) in [5.41, 5.74) is 3.30. The van der Waals surface area contributed by atoms with Crippen molar-refractivity contribution < 1.29 is 9.18 Å². The van der Waals surface area contributed by atoms with Crippen molar-refractivity contribution in [1.82, 2.24) is 0 Å². The third kappa shape index (κ3) is 4.02. The van der Waals surface area contributed by atoms with Crippen molar-refractivity contribution in [3.8, 4) is 0 Å². The number of fused-ring (bicyclic) bond motifs is 1. The summed E-state index contributed by atoms with van der Waals surface area (Å²) in [5.74, 6) is -0.230. The van der Waals surface area contributed by atoms with Crippen molar-refractivity contribution in [3.63, 3.8) is 0 Å². The van der Waals surface area contributed by atoms with E-state index in [1.54, 1.807) is 12.3 Å². The summed E-state index contributed by atoms with van der Waals surface area (Å²) in [6.45, 7) is 4.39. The number of rotatable bonds is 7. The summed E-state index contributed by atoms with van der Waals surface area (Å²) >= 11 is 0. The predicted molar refractivity (Wildman–Crippen MR) is 108 cm³/mol. The Hall–Kier alpha value is -2.69. The van der Waals surface area contributed by atoms with Crippen molar-refractivity contribution >= 4 is 29.2 Å². The molecule has 0 spiro atoms. The Labute approximate surface area is 159 Å². The van der Waals surface area contributed by atoms with E-state index in [0.717, 1.165) is 31.1 Å². The Morgan fingerprint density at radius 3 is 2.70 bits per heavy atom. The number of nitrogens with zero attached hydrogens (tertiary/aromatic N) is 2. The maximum absolute atomic E-state index is 13.5. The fourth-order valence-corrected chi connectivity index (χ4v) is 3.52. The third-order valence-electron chi connectivity index (χ3n) is 5.15. The number of nitrogens with one attached hydrogen (secondary N) is 1. The molecule has 1 saturated carbocycles. The highest BCUT2D eigenvalue weighted by Crippen LogP contribution is 2.33. The first-order valence-electron chi connectivity index (χ1n) is 9.63. The van der Waals surface area contributed by atoms with E-state index >= 15 is 0 Å². The van der Waals surface area contributed by atoms with Crippen molar-refractivity contribution in [2.75, 3.05) is 23.3 Å². The molecule has 140 valence electrons. The quantitative estimate of drug-likeness (QED) is 0.710. The van der Waals surface area contributed by atoms with E-state index in [-0.39, 0.29) is 11.7 Å². The van der Waals surface area contributed by atoms with Crippen LogP contribution in [0.1, 0.15) is 37.7 Å². The fraction of sp³-hybridized carbons (Fsp3) is 0.364. The summed E-state index contributed by atoms with van der Waals surface area (Å²) in [6, 6.07) is 12.5. The van der Waals surface area contributed by atoms with Crippen molar-refractivity contribution in [1.29, 1.82) is 0 Å². The molecule has 27 heavy (non-hydrogen) atoms. The van der Waals surface area contributed by atoms with Crippen molar-refractivity contribution in [2.24, 2.45) is 10.9 Å². The van der Waals surface area contributed by atoms with Crippen LogP contribution < -0.4 is 10.2 Å². The molecule has 1 heterocycles. The number of halogens is 1. The first-order valence-corrected chi connectivity index (χ1v) is 9.63. The summed E-state index contributed by atoms with van der Waals surface area (Å²) < 4.78 is 13.5. The number of anilines is 2. The number of carbonyl (C=O) groups excluding carboxylic acids is 1. The van der Waals surface area contributed by atoms with Gasteiger partial charge in [0.1, 0.15) is 11.7 Å².